The van der Waals surface area contributed by atoms with Gasteiger partial charge in [0, 0.05) is 24.6 Å². The van der Waals surface area contributed by atoms with E-state index in [1.165, 1.54) is 43.5 Å². The van der Waals surface area contributed by atoms with Crippen molar-refractivity contribution in [1.82, 2.24) is 9.97 Å². The average Bonchev–Trinajstić information content (AvgIpc) is 2.70. The summed E-state index contributed by atoms with van der Waals surface area (Å²) in [5.74, 6) is -1.87. The fourth-order valence-corrected chi connectivity index (χ4v) is 3.42. The smallest absolute Gasteiger partial charge is 0.305 e. The van der Waals surface area contributed by atoms with Crippen LogP contribution in [0.1, 0.15) is 43.9 Å². The van der Waals surface area contributed by atoms with Crippen molar-refractivity contribution in [3.8, 4) is 11.3 Å². The number of nitrogens with zero attached hydrogens (tertiary/aromatic N) is 3. The van der Waals surface area contributed by atoms with Crippen LogP contribution in [0.2, 0.25) is 0 Å². The Morgan fingerprint density at radius 2 is 1.79 bits per heavy atom. The van der Waals surface area contributed by atoms with E-state index in [1.54, 1.807) is 0 Å². The molecule has 0 bridgehead atoms. The van der Waals surface area contributed by atoms with Crippen molar-refractivity contribution in [2.45, 2.75) is 44.8 Å². The molecule has 3 N–H and O–H groups in total. The maximum absolute atomic E-state index is 13.5. The summed E-state index contributed by atoms with van der Waals surface area (Å²) in [6.45, 7) is 3.71. The molecule has 2 atom stereocenters. The minimum atomic E-state index is -3.65. The zero-order valence-electron chi connectivity index (χ0n) is 18.8. The van der Waals surface area contributed by atoms with Gasteiger partial charge in [0.15, 0.2) is 0 Å². The van der Waals surface area contributed by atoms with Gasteiger partial charge in [-0.1, -0.05) is 26.0 Å². The molecule has 1 aromatic heterocycles. The summed E-state index contributed by atoms with van der Waals surface area (Å²) in [6, 6.07) is 5.49. The lowest BCUT2D eigenvalue weighted by molar-refractivity contribution is -0.139. The number of aliphatic hydroxyl groups is 2. The second kappa shape index (κ2) is 10.8. The quantitative estimate of drug-likeness (QED) is 0.470. The first-order valence-electron chi connectivity index (χ1n) is 10.2. The van der Waals surface area contributed by atoms with Crippen molar-refractivity contribution in [2.75, 3.05) is 17.6 Å². The van der Waals surface area contributed by atoms with Crippen LogP contribution >= 0.6 is 0 Å². The van der Waals surface area contributed by atoms with Gasteiger partial charge >= 0.3 is 5.97 Å². The van der Waals surface area contributed by atoms with Crippen LogP contribution in [0.5, 0.6) is 0 Å². The van der Waals surface area contributed by atoms with Gasteiger partial charge in [0.1, 0.15) is 5.82 Å². The molecule has 1 heterocycles. The topological polar surface area (TPSA) is 141 Å². The molecule has 0 unspecified atom stereocenters. The molecule has 0 saturated carbocycles. The SMILES string of the molecule is CC(C)c1nc(N(C)S(C)(=O)=O)nc(-c2ccc(F)cc2)c1C=C[C@@H](O)C[C@@H](O)CC(=O)O. The van der Waals surface area contributed by atoms with Gasteiger partial charge < -0.3 is 15.3 Å². The third kappa shape index (κ3) is 7.31. The number of aliphatic carboxylic acids is 1. The Bertz CT molecular complexity index is 1120. The van der Waals surface area contributed by atoms with E-state index in [0.717, 1.165) is 10.6 Å². The summed E-state index contributed by atoms with van der Waals surface area (Å²) in [5.41, 5.74) is 1.80. The van der Waals surface area contributed by atoms with Crippen molar-refractivity contribution < 1.29 is 32.9 Å². The number of halogens is 1. The lowest BCUT2D eigenvalue weighted by Crippen LogP contribution is -2.27. The standard InChI is InChI=1S/C22H28FN3O6S/c1-13(2)20-18(10-9-16(27)11-17(28)12-19(29)30)21(14-5-7-15(23)8-6-14)25-22(24-20)26(3)33(4,31)32/h5-10,13,16-17,27-28H,11-12H2,1-4H3,(H,29,30)/t16-,17-/m1/s1. The first kappa shape index (κ1) is 26.4. The minimum Gasteiger partial charge on any atom is -0.481 e. The van der Waals surface area contributed by atoms with Crippen LogP contribution in [0.15, 0.2) is 30.3 Å². The molecular weight excluding hydrogens is 453 g/mol. The Morgan fingerprint density at radius 3 is 2.30 bits per heavy atom. The fraction of sp³-hybridized carbons (Fsp3) is 0.409. The van der Waals surface area contributed by atoms with Gasteiger partial charge in [-0.3, -0.25) is 4.79 Å². The molecular formula is C22H28FN3O6S. The molecule has 9 nitrogen and oxygen atoms in total. The lowest BCUT2D eigenvalue weighted by atomic mass is 9.97. The number of benzene rings is 1. The number of carbonyl (C=O) groups is 1. The molecule has 2 rings (SSSR count). The number of hydrogen-bond acceptors (Lipinski definition) is 7. The van der Waals surface area contributed by atoms with Crippen LogP contribution < -0.4 is 4.31 Å². The van der Waals surface area contributed by atoms with Gasteiger partial charge in [-0.05, 0) is 30.2 Å². The molecule has 2 aromatic rings. The van der Waals surface area contributed by atoms with E-state index < -0.39 is 40.4 Å². The van der Waals surface area contributed by atoms with Gasteiger partial charge in [0.05, 0.1) is 36.3 Å². The monoisotopic (exact) mass is 481 g/mol. The number of carboxylic acid groups (broad SMARTS) is 1. The van der Waals surface area contributed by atoms with Crippen LogP contribution in [0.25, 0.3) is 17.3 Å². The van der Waals surface area contributed by atoms with E-state index in [-0.39, 0.29) is 18.3 Å². The number of rotatable bonds is 10. The van der Waals surface area contributed by atoms with Crippen molar-refractivity contribution >= 4 is 28.0 Å². The molecule has 1 aromatic carbocycles. The first-order valence-corrected chi connectivity index (χ1v) is 12.0. The molecule has 0 radical (unpaired) electrons. The molecule has 0 aliphatic heterocycles. The number of sulfonamides is 1. The van der Waals surface area contributed by atoms with Gasteiger partial charge in [-0.2, -0.15) is 0 Å². The van der Waals surface area contributed by atoms with Crippen molar-refractivity contribution in [2.24, 2.45) is 0 Å². The Morgan fingerprint density at radius 1 is 1.18 bits per heavy atom. The second-order valence-corrected chi connectivity index (χ2v) is 9.99. The van der Waals surface area contributed by atoms with Crippen LogP contribution in [-0.2, 0) is 14.8 Å². The van der Waals surface area contributed by atoms with Crippen LogP contribution in [-0.4, -0.2) is 65.2 Å². The van der Waals surface area contributed by atoms with Crippen LogP contribution in [0.4, 0.5) is 10.3 Å². The molecule has 0 saturated heterocycles. The third-order valence-electron chi connectivity index (χ3n) is 4.82. The highest BCUT2D eigenvalue weighted by Crippen LogP contribution is 2.31. The highest BCUT2D eigenvalue weighted by molar-refractivity contribution is 7.92. The van der Waals surface area contributed by atoms with Gasteiger partial charge in [-0.15, -0.1) is 0 Å². The minimum absolute atomic E-state index is 0.0601. The highest BCUT2D eigenvalue weighted by Gasteiger charge is 2.22. The maximum atomic E-state index is 13.5. The lowest BCUT2D eigenvalue weighted by Gasteiger charge is -2.20. The molecule has 0 aliphatic rings. The highest BCUT2D eigenvalue weighted by atomic mass is 32.2. The Kier molecular flexibility index (Phi) is 8.64. The van der Waals surface area contributed by atoms with Crippen molar-refractivity contribution in [3.63, 3.8) is 0 Å². The zero-order valence-corrected chi connectivity index (χ0v) is 19.6. The van der Waals surface area contributed by atoms with Crippen LogP contribution in [0, 0.1) is 5.82 Å². The first-order chi connectivity index (χ1) is 15.3. The van der Waals surface area contributed by atoms with E-state index in [0.29, 0.717) is 22.5 Å². The van der Waals surface area contributed by atoms with E-state index >= 15 is 0 Å². The largest absolute Gasteiger partial charge is 0.481 e. The molecule has 11 heteroatoms. The molecule has 0 fully saturated rings. The number of anilines is 1. The normalized spacial score (nSPS) is 13.9. The number of aromatic nitrogens is 2. The van der Waals surface area contributed by atoms with E-state index in [1.807, 2.05) is 13.8 Å². The zero-order chi connectivity index (χ0) is 24.9. The Labute approximate surface area is 192 Å². The number of aliphatic hydroxyl groups excluding tert-OH is 2. The molecule has 33 heavy (non-hydrogen) atoms. The number of hydrogen-bond donors (Lipinski definition) is 3. The van der Waals surface area contributed by atoms with E-state index in [9.17, 15) is 27.8 Å². The summed E-state index contributed by atoms with van der Waals surface area (Å²) >= 11 is 0. The number of carboxylic acids is 1. The third-order valence-corrected chi connectivity index (χ3v) is 5.97. The summed E-state index contributed by atoms with van der Waals surface area (Å²) < 4.78 is 38.6. The Balaban J connectivity index is 2.61. The second-order valence-electron chi connectivity index (χ2n) is 7.98. The average molecular weight is 482 g/mol. The predicted molar refractivity (Wildman–Crippen MR) is 123 cm³/mol. The molecule has 180 valence electrons. The summed E-state index contributed by atoms with van der Waals surface area (Å²) in [5, 5.41) is 28.8. The summed E-state index contributed by atoms with van der Waals surface area (Å²) in [6.07, 6.45) is 0.860. The van der Waals surface area contributed by atoms with Gasteiger partial charge in [-0.25, -0.2) is 27.1 Å². The van der Waals surface area contributed by atoms with Crippen molar-refractivity contribution in [3.05, 3.63) is 47.4 Å². The van der Waals surface area contributed by atoms with E-state index in [4.69, 9.17) is 5.11 Å². The van der Waals surface area contributed by atoms with Gasteiger partial charge in [0.25, 0.3) is 0 Å². The Hall–Kier alpha value is -2.89. The maximum Gasteiger partial charge on any atom is 0.305 e. The summed E-state index contributed by atoms with van der Waals surface area (Å²) in [7, 11) is -2.33. The van der Waals surface area contributed by atoms with Gasteiger partial charge in [0.2, 0.25) is 16.0 Å². The van der Waals surface area contributed by atoms with E-state index in [2.05, 4.69) is 9.97 Å². The predicted octanol–water partition coefficient (Wildman–Crippen LogP) is 2.40. The molecule has 0 aliphatic carbocycles. The molecule has 0 spiro atoms. The molecule has 0 amide bonds. The van der Waals surface area contributed by atoms with Crippen molar-refractivity contribution in [1.29, 1.82) is 0 Å². The summed E-state index contributed by atoms with van der Waals surface area (Å²) in [4.78, 5) is 19.6. The van der Waals surface area contributed by atoms with Crippen LogP contribution in [0.3, 0.4) is 0 Å². The fourth-order valence-electron chi connectivity index (χ4n) is 3.05.